The van der Waals surface area contributed by atoms with Crippen LogP contribution >= 0.6 is 11.6 Å². The summed E-state index contributed by atoms with van der Waals surface area (Å²) in [6.45, 7) is 6.45. The van der Waals surface area contributed by atoms with Crippen molar-refractivity contribution in [1.29, 1.82) is 0 Å². The number of hydrogen-bond donors (Lipinski definition) is 3. The van der Waals surface area contributed by atoms with Gasteiger partial charge in [-0.2, -0.15) is 0 Å². The third-order valence-corrected chi connectivity index (χ3v) is 7.70. The van der Waals surface area contributed by atoms with E-state index >= 15 is 0 Å². The number of nitrogen functional groups attached to an aromatic ring is 1. The Morgan fingerprint density at radius 2 is 2.06 bits per heavy atom. The molecule has 0 aromatic carbocycles. The highest BCUT2D eigenvalue weighted by Crippen LogP contribution is 2.43. The first-order valence-electron chi connectivity index (χ1n) is 11.0. The average Bonchev–Trinajstić information content (AvgIpc) is 3.33. The van der Waals surface area contributed by atoms with Crippen molar-refractivity contribution >= 4 is 28.9 Å². The molecule has 0 unspecified atom stereocenters. The van der Waals surface area contributed by atoms with Crippen LogP contribution in [-0.4, -0.2) is 51.3 Å². The number of ether oxygens (including phenoxy) is 1. The fourth-order valence-electron chi connectivity index (χ4n) is 5.31. The Bertz CT molecular complexity index is 1170. The number of nitrogens with two attached hydrogens (primary N) is 2. The van der Waals surface area contributed by atoms with Crippen LogP contribution in [0.3, 0.4) is 0 Å². The van der Waals surface area contributed by atoms with Gasteiger partial charge in [-0.1, -0.05) is 11.6 Å². The predicted octanol–water partition coefficient (Wildman–Crippen LogP) is 2.77. The SMILES string of the molecule is Cc1cc(N2CCC3(CC2)CO[C@@H](C)[C@H]3N)n2c(CO)cnc2c1-c1ccnc(N)c1Cl. The molecule has 0 bridgehead atoms. The van der Waals surface area contributed by atoms with Gasteiger partial charge in [-0.05, 0) is 44.4 Å². The summed E-state index contributed by atoms with van der Waals surface area (Å²) in [6, 6.07) is 4.05. The Morgan fingerprint density at radius 1 is 1.31 bits per heavy atom. The van der Waals surface area contributed by atoms with Crippen molar-refractivity contribution in [3.8, 4) is 11.1 Å². The lowest BCUT2D eigenvalue weighted by Gasteiger charge is -2.42. The first-order chi connectivity index (χ1) is 15.4. The summed E-state index contributed by atoms with van der Waals surface area (Å²) in [4.78, 5) is 11.1. The van der Waals surface area contributed by atoms with Gasteiger partial charge < -0.3 is 26.2 Å². The standard InChI is InChI=1S/C23H29ClN6O2/c1-13-9-17(29-7-4-23(5-8-29)12-32-14(2)20(23)25)30-15(11-31)10-28-22(30)18(13)16-3-6-27-21(26)19(16)24/h3,6,9-10,14,20,31H,4-5,7-8,11-12,25H2,1-2H3,(H2,26,27)/t14-,20+/m0/s1. The lowest BCUT2D eigenvalue weighted by atomic mass is 9.73. The fourth-order valence-corrected chi connectivity index (χ4v) is 5.52. The first-order valence-corrected chi connectivity index (χ1v) is 11.4. The van der Waals surface area contributed by atoms with E-state index in [2.05, 4.69) is 27.9 Å². The minimum absolute atomic E-state index is 0.0425. The van der Waals surface area contributed by atoms with E-state index in [4.69, 9.17) is 27.8 Å². The van der Waals surface area contributed by atoms with Crippen molar-refractivity contribution in [3.63, 3.8) is 0 Å². The summed E-state index contributed by atoms with van der Waals surface area (Å²) >= 11 is 6.52. The highest BCUT2D eigenvalue weighted by Gasteiger charge is 2.47. The number of piperidine rings is 1. The summed E-state index contributed by atoms with van der Waals surface area (Å²) in [7, 11) is 0. The molecule has 0 saturated carbocycles. The maximum absolute atomic E-state index is 10.0. The number of pyridine rings is 2. The smallest absolute Gasteiger partial charge is 0.146 e. The molecule has 9 heteroatoms. The summed E-state index contributed by atoms with van der Waals surface area (Å²) in [6.07, 6.45) is 5.40. The number of rotatable bonds is 3. The topological polar surface area (TPSA) is 115 Å². The first kappa shape index (κ1) is 21.5. The average molecular weight is 457 g/mol. The third-order valence-electron chi connectivity index (χ3n) is 7.30. The maximum Gasteiger partial charge on any atom is 0.146 e. The zero-order valence-corrected chi connectivity index (χ0v) is 19.1. The summed E-state index contributed by atoms with van der Waals surface area (Å²) < 4.78 is 7.91. The molecule has 5 rings (SSSR count). The molecule has 1 spiro atoms. The van der Waals surface area contributed by atoms with Gasteiger partial charge in [-0.15, -0.1) is 0 Å². The Balaban J connectivity index is 1.58. The second-order valence-corrected chi connectivity index (χ2v) is 9.45. The summed E-state index contributed by atoms with van der Waals surface area (Å²) in [5, 5.41) is 10.4. The Labute approximate surface area is 192 Å². The molecule has 2 aliphatic heterocycles. The summed E-state index contributed by atoms with van der Waals surface area (Å²) in [5.74, 6) is 1.29. The maximum atomic E-state index is 10.0. The predicted molar refractivity (Wildman–Crippen MR) is 126 cm³/mol. The number of nitrogens with zero attached hydrogens (tertiary/aromatic N) is 4. The van der Waals surface area contributed by atoms with Crippen LogP contribution in [0.5, 0.6) is 0 Å². The van der Waals surface area contributed by atoms with Crippen molar-refractivity contribution in [2.45, 2.75) is 45.4 Å². The van der Waals surface area contributed by atoms with Crippen molar-refractivity contribution in [2.24, 2.45) is 11.1 Å². The minimum Gasteiger partial charge on any atom is -0.390 e. The summed E-state index contributed by atoms with van der Waals surface area (Å²) in [5.41, 5.74) is 16.7. The van der Waals surface area contributed by atoms with Gasteiger partial charge in [-0.25, -0.2) is 9.97 Å². The number of imidazole rings is 1. The van der Waals surface area contributed by atoms with E-state index in [1.807, 2.05) is 17.4 Å². The molecule has 2 aliphatic rings. The van der Waals surface area contributed by atoms with E-state index in [9.17, 15) is 5.11 Å². The largest absolute Gasteiger partial charge is 0.390 e. The molecule has 5 heterocycles. The highest BCUT2D eigenvalue weighted by atomic mass is 35.5. The number of aromatic nitrogens is 3. The molecule has 32 heavy (non-hydrogen) atoms. The monoisotopic (exact) mass is 456 g/mol. The van der Waals surface area contributed by atoms with E-state index in [0.29, 0.717) is 5.02 Å². The lowest BCUT2D eigenvalue weighted by Crippen LogP contribution is -2.51. The molecule has 2 fully saturated rings. The van der Waals surface area contributed by atoms with Crippen molar-refractivity contribution < 1.29 is 9.84 Å². The van der Waals surface area contributed by atoms with Crippen molar-refractivity contribution in [1.82, 2.24) is 14.4 Å². The number of aliphatic hydroxyl groups is 1. The second kappa shape index (κ2) is 7.88. The number of anilines is 2. The number of fused-ring (bicyclic) bond motifs is 1. The van der Waals surface area contributed by atoms with Crippen LogP contribution in [0.4, 0.5) is 11.6 Å². The fraction of sp³-hybridized carbons (Fsp3) is 0.478. The Hall–Kier alpha value is -2.39. The van der Waals surface area contributed by atoms with Crippen LogP contribution in [0.25, 0.3) is 16.8 Å². The molecule has 3 aromatic heterocycles. The molecule has 3 aromatic rings. The van der Waals surface area contributed by atoms with Crippen LogP contribution in [-0.2, 0) is 11.3 Å². The normalized spacial score (nSPS) is 22.8. The van der Waals surface area contributed by atoms with Gasteiger partial charge in [0.2, 0.25) is 0 Å². The minimum atomic E-state index is -0.114. The van der Waals surface area contributed by atoms with Crippen LogP contribution < -0.4 is 16.4 Å². The van der Waals surface area contributed by atoms with Crippen LogP contribution in [0.1, 0.15) is 31.0 Å². The molecule has 0 radical (unpaired) electrons. The molecule has 2 saturated heterocycles. The van der Waals surface area contributed by atoms with Crippen LogP contribution in [0.2, 0.25) is 5.02 Å². The van der Waals surface area contributed by atoms with Crippen LogP contribution in [0, 0.1) is 12.3 Å². The Morgan fingerprint density at radius 3 is 2.72 bits per heavy atom. The van der Waals surface area contributed by atoms with Gasteiger partial charge in [0.25, 0.3) is 0 Å². The van der Waals surface area contributed by atoms with Crippen molar-refractivity contribution in [3.05, 3.63) is 40.8 Å². The molecule has 2 atom stereocenters. The zero-order chi connectivity index (χ0) is 22.6. The molecule has 0 amide bonds. The van der Waals surface area contributed by atoms with E-state index in [0.717, 1.165) is 66.4 Å². The van der Waals surface area contributed by atoms with E-state index in [1.165, 1.54) is 0 Å². The van der Waals surface area contributed by atoms with E-state index < -0.39 is 0 Å². The Kier molecular flexibility index (Phi) is 5.28. The van der Waals surface area contributed by atoms with E-state index in [1.54, 1.807) is 12.4 Å². The number of halogens is 1. The van der Waals surface area contributed by atoms with Gasteiger partial charge >= 0.3 is 0 Å². The van der Waals surface area contributed by atoms with Gasteiger partial charge in [0.1, 0.15) is 17.3 Å². The van der Waals surface area contributed by atoms with Gasteiger partial charge in [0.05, 0.1) is 36.2 Å². The quantitative estimate of drug-likeness (QED) is 0.555. The van der Waals surface area contributed by atoms with Gasteiger partial charge in [-0.3, -0.25) is 4.40 Å². The molecular formula is C23H29ClN6O2. The molecule has 0 aliphatic carbocycles. The molecular weight excluding hydrogens is 428 g/mol. The molecule has 5 N–H and O–H groups in total. The van der Waals surface area contributed by atoms with E-state index in [-0.39, 0.29) is 30.0 Å². The van der Waals surface area contributed by atoms with Gasteiger partial charge in [0.15, 0.2) is 0 Å². The second-order valence-electron chi connectivity index (χ2n) is 9.08. The van der Waals surface area contributed by atoms with Crippen LogP contribution in [0.15, 0.2) is 24.5 Å². The number of aliphatic hydroxyl groups excluding tert-OH is 1. The van der Waals surface area contributed by atoms with Crippen molar-refractivity contribution in [2.75, 3.05) is 30.3 Å². The highest BCUT2D eigenvalue weighted by molar-refractivity contribution is 6.35. The molecule has 8 nitrogen and oxygen atoms in total. The third kappa shape index (κ3) is 3.16. The molecule has 170 valence electrons. The zero-order valence-electron chi connectivity index (χ0n) is 18.4. The van der Waals surface area contributed by atoms with Gasteiger partial charge in [0, 0.05) is 41.9 Å². The number of aryl methyl sites for hydroxylation is 1. The number of hydrogen-bond acceptors (Lipinski definition) is 7. The lowest BCUT2D eigenvalue weighted by molar-refractivity contribution is 0.0974.